The first kappa shape index (κ1) is 12.4. The summed E-state index contributed by atoms with van der Waals surface area (Å²) >= 11 is 1.56. The van der Waals surface area contributed by atoms with Crippen molar-refractivity contribution in [3.05, 3.63) is 82.8 Å². The molecule has 21 heavy (non-hydrogen) atoms. The van der Waals surface area contributed by atoms with E-state index >= 15 is 0 Å². The van der Waals surface area contributed by atoms with Crippen molar-refractivity contribution in [3.8, 4) is 0 Å². The standard InChI is InChI=1S/C19H12OS/c20-19-16-10-3-4-11-17(16)21-18(19)12-14-8-5-7-13-6-1-2-9-15(13)14/h1-12H/b18-12-. The third kappa shape index (κ3) is 2.08. The van der Waals surface area contributed by atoms with E-state index in [1.54, 1.807) is 11.8 Å². The zero-order valence-electron chi connectivity index (χ0n) is 11.2. The topological polar surface area (TPSA) is 17.1 Å². The number of ketones is 1. The summed E-state index contributed by atoms with van der Waals surface area (Å²) in [4.78, 5) is 14.3. The summed E-state index contributed by atoms with van der Waals surface area (Å²) in [7, 11) is 0. The number of carbonyl (C=O) groups excluding carboxylic acids is 1. The Labute approximate surface area is 127 Å². The van der Waals surface area contributed by atoms with Crippen molar-refractivity contribution >= 4 is 34.4 Å². The highest BCUT2D eigenvalue weighted by atomic mass is 32.2. The molecule has 0 radical (unpaired) electrons. The zero-order chi connectivity index (χ0) is 14.2. The minimum absolute atomic E-state index is 0.128. The van der Waals surface area contributed by atoms with Gasteiger partial charge in [0.1, 0.15) is 0 Å². The molecule has 4 rings (SSSR count). The van der Waals surface area contributed by atoms with Crippen molar-refractivity contribution in [2.75, 3.05) is 0 Å². The van der Waals surface area contributed by atoms with Crippen LogP contribution in [0.5, 0.6) is 0 Å². The van der Waals surface area contributed by atoms with Crippen molar-refractivity contribution in [2.45, 2.75) is 4.90 Å². The van der Waals surface area contributed by atoms with Crippen LogP contribution in [0.2, 0.25) is 0 Å². The summed E-state index contributed by atoms with van der Waals surface area (Å²) in [5.74, 6) is 0.128. The second-order valence-electron chi connectivity index (χ2n) is 5.00. The molecule has 3 aromatic rings. The normalized spacial score (nSPS) is 15.6. The summed E-state index contributed by atoms with van der Waals surface area (Å²) in [5, 5.41) is 2.37. The van der Waals surface area contributed by atoms with Gasteiger partial charge in [0.25, 0.3) is 0 Å². The van der Waals surface area contributed by atoms with E-state index in [2.05, 4.69) is 24.3 Å². The van der Waals surface area contributed by atoms with Gasteiger partial charge in [-0.05, 0) is 34.5 Å². The van der Waals surface area contributed by atoms with Gasteiger partial charge in [-0.25, -0.2) is 0 Å². The van der Waals surface area contributed by atoms with Gasteiger partial charge in [-0.3, -0.25) is 4.79 Å². The number of benzene rings is 3. The first-order valence-corrected chi connectivity index (χ1v) is 7.65. The number of fused-ring (bicyclic) bond motifs is 2. The average molecular weight is 288 g/mol. The molecule has 1 aliphatic rings. The Morgan fingerprint density at radius 2 is 1.57 bits per heavy atom. The van der Waals surface area contributed by atoms with E-state index in [0.29, 0.717) is 0 Å². The first-order chi connectivity index (χ1) is 10.3. The molecule has 0 bridgehead atoms. The maximum absolute atomic E-state index is 12.4. The van der Waals surface area contributed by atoms with Crippen molar-refractivity contribution in [2.24, 2.45) is 0 Å². The monoisotopic (exact) mass is 288 g/mol. The summed E-state index contributed by atoms with van der Waals surface area (Å²) in [6, 6.07) is 22.2. The van der Waals surface area contributed by atoms with Crippen LogP contribution in [0.25, 0.3) is 16.8 Å². The van der Waals surface area contributed by atoms with E-state index in [1.165, 1.54) is 10.8 Å². The Morgan fingerprint density at radius 3 is 2.48 bits per heavy atom. The first-order valence-electron chi connectivity index (χ1n) is 6.84. The minimum atomic E-state index is 0.128. The summed E-state index contributed by atoms with van der Waals surface area (Å²) in [6.07, 6.45) is 2.01. The van der Waals surface area contributed by atoms with Crippen molar-refractivity contribution in [3.63, 3.8) is 0 Å². The molecule has 0 unspecified atom stereocenters. The molecule has 0 fully saturated rings. The van der Waals surface area contributed by atoms with Gasteiger partial charge in [-0.1, -0.05) is 66.4 Å². The number of hydrogen-bond acceptors (Lipinski definition) is 2. The SMILES string of the molecule is O=C1/C(=C/c2cccc3ccccc23)Sc2ccccc21. The molecular weight excluding hydrogens is 276 g/mol. The summed E-state index contributed by atoms with van der Waals surface area (Å²) < 4.78 is 0. The van der Waals surface area contributed by atoms with E-state index < -0.39 is 0 Å². The second-order valence-corrected chi connectivity index (χ2v) is 6.09. The molecule has 1 heterocycles. The number of allylic oxidation sites excluding steroid dienone is 1. The van der Waals surface area contributed by atoms with E-state index in [9.17, 15) is 4.79 Å². The van der Waals surface area contributed by atoms with Gasteiger partial charge in [0.05, 0.1) is 4.91 Å². The van der Waals surface area contributed by atoms with E-state index in [4.69, 9.17) is 0 Å². The van der Waals surface area contributed by atoms with Crippen molar-refractivity contribution < 1.29 is 4.79 Å². The lowest BCUT2D eigenvalue weighted by molar-refractivity contribution is 0.104. The molecule has 0 saturated carbocycles. The number of rotatable bonds is 1. The molecule has 0 saturated heterocycles. The van der Waals surface area contributed by atoms with Gasteiger partial charge in [0.2, 0.25) is 5.78 Å². The van der Waals surface area contributed by atoms with Crippen LogP contribution >= 0.6 is 11.8 Å². The average Bonchev–Trinajstić information content (AvgIpc) is 2.85. The fourth-order valence-electron chi connectivity index (χ4n) is 2.65. The Bertz CT molecular complexity index is 887. The van der Waals surface area contributed by atoms with Crippen molar-refractivity contribution in [1.82, 2.24) is 0 Å². The van der Waals surface area contributed by atoms with Gasteiger partial charge in [0, 0.05) is 10.5 Å². The lowest BCUT2D eigenvalue weighted by atomic mass is 10.0. The van der Waals surface area contributed by atoms with E-state index in [0.717, 1.165) is 20.9 Å². The molecule has 3 aromatic carbocycles. The van der Waals surface area contributed by atoms with Crippen LogP contribution in [0.15, 0.2) is 76.5 Å². The Balaban J connectivity index is 1.84. The van der Waals surface area contributed by atoms with Crippen LogP contribution < -0.4 is 0 Å². The highest BCUT2D eigenvalue weighted by Gasteiger charge is 2.25. The van der Waals surface area contributed by atoms with Gasteiger partial charge >= 0.3 is 0 Å². The number of thioether (sulfide) groups is 1. The van der Waals surface area contributed by atoms with Crippen LogP contribution in [0, 0.1) is 0 Å². The lowest BCUT2D eigenvalue weighted by Crippen LogP contribution is -1.93. The summed E-state index contributed by atoms with van der Waals surface area (Å²) in [6.45, 7) is 0. The van der Waals surface area contributed by atoms with Gasteiger partial charge < -0.3 is 0 Å². The Kier molecular flexibility index (Phi) is 2.90. The minimum Gasteiger partial charge on any atom is -0.288 e. The highest BCUT2D eigenvalue weighted by molar-refractivity contribution is 8.04. The number of carbonyl (C=O) groups is 1. The second kappa shape index (κ2) is 4.90. The third-order valence-electron chi connectivity index (χ3n) is 3.69. The molecular formula is C19H12OS. The van der Waals surface area contributed by atoms with Gasteiger partial charge in [0.15, 0.2) is 0 Å². The Hall–Kier alpha value is -2.32. The molecule has 0 aromatic heterocycles. The number of hydrogen-bond donors (Lipinski definition) is 0. The fourth-order valence-corrected chi connectivity index (χ4v) is 3.70. The maximum atomic E-state index is 12.4. The summed E-state index contributed by atoms with van der Waals surface area (Å²) in [5.41, 5.74) is 1.91. The van der Waals surface area contributed by atoms with Crippen LogP contribution in [-0.4, -0.2) is 5.78 Å². The molecule has 2 heteroatoms. The van der Waals surface area contributed by atoms with Gasteiger partial charge in [-0.2, -0.15) is 0 Å². The van der Waals surface area contributed by atoms with Crippen LogP contribution in [0.3, 0.4) is 0 Å². The number of Topliss-reactive ketones (excluding diaryl/α,β-unsaturated/α-hetero) is 1. The molecule has 0 aliphatic carbocycles. The largest absolute Gasteiger partial charge is 0.288 e. The quantitative estimate of drug-likeness (QED) is 0.575. The lowest BCUT2D eigenvalue weighted by Gasteiger charge is -2.02. The van der Waals surface area contributed by atoms with E-state index in [1.807, 2.05) is 48.5 Å². The molecule has 0 spiro atoms. The van der Waals surface area contributed by atoms with Crippen LogP contribution in [-0.2, 0) is 0 Å². The molecule has 0 atom stereocenters. The van der Waals surface area contributed by atoms with Crippen molar-refractivity contribution in [1.29, 1.82) is 0 Å². The van der Waals surface area contributed by atoms with Crippen LogP contribution in [0.1, 0.15) is 15.9 Å². The molecule has 100 valence electrons. The molecule has 1 nitrogen and oxygen atoms in total. The zero-order valence-corrected chi connectivity index (χ0v) is 12.1. The highest BCUT2D eigenvalue weighted by Crippen LogP contribution is 2.41. The third-order valence-corrected chi connectivity index (χ3v) is 4.78. The molecule has 0 amide bonds. The fraction of sp³-hybridized carbons (Fsp3) is 0. The predicted octanol–water partition coefficient (Wildman–Crippen LogP) is 5.17. The van der Waals surface area contributed by atoms with Gasteiger partial charge in [-0.15, -0.1) is 0 Å². The molecule has 0 N–H and O–H groups in total. The molecule has 1 aliphatic heterocycles. The predicted molar refractivity (Wildman–Crippen MR) is 88.6 cm³/mol. The van der Waals surface area contributed by atoms with E-state index in [-0.39, 0.29) is 5.78 Å². The smallest absolute Gasteiger partial charge is 0.200 e. The Morgan fingerprint density at radius 1 is 0.810 bits per heavy atom. The van der Waals surface area contributed by atoms with Crippen LogP contribution in [0.4, 0.5) is 0 Å². The maximum Gasteiger partial charge on any atom is 0.200 e.